The van der Waals surface area contributed by atoms with E-state index in [0.717, 1.165) is 0 Å². The van der Waals surface area contributed by atoms with Gasteiger partial charge in [-0.15, -0.1) is 0 Å². The fourth-order valence-corrected chi connectivity index (χ4v) is 1.48. The van der Waals surface area contributed by atoms with E-state index in [1.165, 1.54) is 0 Å². The summed E-state index contributed by atoms with van der Waals surface area (Å²) < 4.78 is 5.05. The van der Waals surface area contributed by atoms with Crippen LogP contribution in [-0.4, -0.2) is 24.1 Å². The number of alkyl carbamates (subject to hydrolysis) is 1. The first kappa shape index (κ1) is 16.5. The van der Waals surface area contributed by atoms with Gasteiger partial charge in [-0.3, -0.25) is 4.79 Å². The van der Waals surface area contributed by atoms with Crippen LogP contribution < -0.4 is 10.6 Å². The molecule has 0 aliphatic heterocycles. The Morgan fingerprint density at radius 3 is 2.67 bits per heavy atom. The van der Waals surface area contributed by atoms with Gasteiger partial charge in [0.25, 0.3) is 0 Å². The molecule has 0 spiro atoms. The topological polar surface area (TPSA) is 91.2 Å². The lowest BCUT2D eigenvalue weighted by molar-refractivity contribution is -0.116. The SMILES string of the molecule is CC(C)(C)OC(=O)NCCC(=O)Nc1cccc(C#N)c1. The summed E-state index contributed by atoms with van der Waals surface area (Å²) in [7, 11) is 0. The molecule has 2 N–H and O–H groups in total. The first-order valence-corrected chi connectivity index (χ1v) is 6.57. The monoisotopic (exact) mass is 289 g/mol. The number of carbonyl (C=O) groups is 2. The molecule has 0 saturated heterocycles. The van der Waals surface area contributed by atoms with E-state index in [-0.39, 0.29) is 18.9 Å². The molecule has 0 saturated carbocycles. The van der Waals surface area contributed by atoms with Gasteiger partial charge in [-0.1, -0.05) is 6.07 Å². The van der Waals surface area contributed by atoms with Crippen LogP contribution in [0.5, 0.6) is 0 Å². The van der Waals surface area contributed by atoms with Crippen LogP contribution in [0.15, 0.2) is 24.3 Å². The zero-order valence-electron chi connectivity index (χ0n) is 12.4. The Hall–Kier alpha value is -2.55. The van der Waals surface area contributed by atoms with Crippen LogP contribution in [0.4, 0.5) is 10.5 Å². The smallest absolute Gasteiger partial charge is 0.407 e. The average Bonchev–Trinajstić information content (AvgIpc) is 2.36. The highest BCUT2D eigenvalue weighted by Crippen LogP contribution is 2.10. The van der Waals surface area contributed by atoms with Crippen molar-refractivity contribution in [2.24, 2.45) is 0 Å². The zero-order valence-corrected chi connectivity index (χ0v) is 12.4. The lowest BCUT2D eigenvalue weighted by atomic mass is 10.2. The molecule has 0 unspecified atom stereocenters. The first-order chi connectivity index (χ1) is 9.80. The van der Waals surface area contributed by atoms with Crippen molar-refractivity contribution in [1.29, 1.82) is 5.26 Å². The molecule has 1 aromatic carbocycles. The van der Waals surface area contributed by atoms with Crippen LogP contribution in [0, 0.1) is 11.3 Å². The molecule has 1 aromatic rings. The molecular formula is C15H19N3O3. The fourth-order valence-electron chi connectivity index (χ4n) is 1.48. The summed E-state index contributed by atoms with van der Waals surface area (Å²) in [6, 6.07) is 8.61. The van der Waals surface area contributed by atoms with Crippen molar-refractivity contribution in [3.8, 4) is 6.07 Å². The molecule has 21 heavy (non-hydrogen) atoms. The zero-order chi connectivity index (χ0) is 15.9. The standard InChI is InChI=1S/C15H19N3O3/c1-15(2,3)21-14(20)17-8-7-13(19)18-12-6-4-5-11(9-12)10-16/h4-6,9H,7-8H2,1-3H3,(H,17,20)(H,18,19). The number of hydrogen-bond donors (Lipinski definition) is 2. The first-order valence-electron chi connectivity index (χ1n) is 6.57. The maximum atomic E-state index is 11.7. The lowest BCUT2D eigenvalue weighted by Crippen LogP contribution is -2.34. The van der Waals surface area contributed by atoms with Crippen molar-refractivity contribution in [2.75, 3.05) is 11.9 Å². The second kappa shape index (κ2) is 7.29. The molecule has 112 valence electrons. The van der Waals surface area contributed by atoms with Crippen molar-refractivity contribution >= 4 is 17.7 Å². The number of rotatable bonds is 4. The Morgan fingerprint density at radius 1 is 1.33 bits per heavy atom. The van der Waals surface area contributed by atoms with Gasteiger partial charge >= 0.3 is 6.09 Å². The molecule has 0 atom stereocenters. The summed E-state index contributed by atoms with van der Waals surface area (Å²) in [4.78, 5) is 23.1. The van der Waals surface area contributed by atoms with Crippen molar-refractivity contribution < 1.29 is 14.3 Å². The van der Waals surface area contributed by atoms with Gasteiger partial charge in [0.1, 0.15) is 5.60 Å². The van der Waals surface area contributed by atoms with Crippen molar-refractivity contribution in [3.63, 3.8) is 0 Å². The second-order valence-electron chi connectivity index (χ2n) is 5.42. The quantitative estimate of drug-likeness (QED) is 0.890. The predicted octanol–water partition coefficient (Wildman–Crippen LogP) is 2.41. The minimum Gasteiger partial charge on any atom is -0.444 e. The minimum absolute atomic E-state index is 0.121. The van der Waals surface area contributed by atoms with Gasteiger partial charge in [-0.25, -0.2) is 4.79 Å². The predicted molar refractivity (Wildman–Crippen MR) is 78.6 cm³/mol. The third-order valence-corrected chi connectivity index (χ3v) is 2.30. The van der Waals surface area contributed by atoms with E-state index in [2.05, 4.69) is 10.6 Å². The van der Waals surface area contributed by atoms with Gasteiger partial charge in [0.15, 0.2) is 0 Å². The summed E-state index contributed by atoms with van der Waals surface area (Å²) >= 11 is 0. The highest BCUT2D eigenvalue weighted by molar-refractivity contribution is 5.91. The largest absolute Gasteiger partial charge is 0.444 e. The van der Waals surface area contributed by atoms with Gasteiger partial charge in [0, 0.05) is 18.7 Å². The van der Waals surface area contributed by atoms with Gasteiger partial charge in [-0.05, 0) is 39.0 Å². The van der Waals surface area contributed by atoms with Crippen LogP contribution in [0.25, 0.3) is 0 Å². The van der Waals surface area contributed by atoms with Gasteiger partial charge < -0.3 is 15.4 Å². The van der Waals surface area contributed by atoms with E-state index in [4.69, 9.17) is 10.00 Å². The number of nitrogens with one attached hydrogen (secondary N) is 2. The summed E-state index contributed by atoms with van der Waals surface area (Å²) in [5, 5.41) is 13.9. The average molecular weight is 289 g/mol. The second-order valence-corrected chi connectivity index (χ2v) is 5.42. The number of benzene rings is 1. The Bertz CT molecular complexity index is 556. The number of nitriles is 1. The van der Waals surface area contributed by atoms with Gasteiger partial charge in [0.2, 0.25) is 5.91 Å². The summed E-state index contributed by atoms with van der Waals surface area (Å²) in [6.45, 7) is 5.48. The molecule has 2 amide bonds. The summed E-state index contributed by atoms with van der Waals surface area (Å²) in [5.41, 5.74) is 0.459. The molecule has 0 aliphatic carbocycles. The molecule has 0 heterocycles. The van der Waals surface area contributed by atoms with Crippen molar-refractivity contribution in [2.45, 2.75) is 32.8 Å². The number of ether oxygens (including phenoxy) is 1. The molecule has 0 radical (unpaired) electrons. The van der Waals surface area contributed by atoms with E-state index in [0.29, 0.717) is 11.3 Å². The number of anilines is 1. The molecule has 6 nitrogen and oxygen atoms in total. The lowest BCUT2D eigenvalue weighted by Gasteiger charge is -2.19. The molecular weight excluding hydrogens is 270 g/mol. The van der Waals surface area contributed by atoms with Crippen LogP contribution in [-0.2, 0) is 9.53 Å². The van der Waals surface area contributed by atoms with E-state index in [1.807, 2.05) is 6.07 Å². The molecule has 1 rings (SSSR count). The minimum atomic E-state index is -0.565. The number of hydrogen-bond acceptors (Lipinski definition) is 4. The Balaban J connectivity index is 2.35. The molecule has 0 bridgehead atoms. The third kappa shape index (κ3) is 6.97. The number of nitrogens with zero attached hydrogens (tertiary/aromatic N) is 1. The highest BCUT2D eigenvalue weighted by Gasteiger charge is 2.15. The number of amides is 2. The number of carbonyl (C=O) groups excluding carboxylic acids is 2. The molecule has 6 heteroatoms. The van der Waals surface area contributed by atoms with Crippen molar-refractivity contribution in [3.05, 3.63) is 29.8 Å². The van der Waals surface area contributed by atoms with E-state index < -0.39 is 11.7 Å². The summed E-state index contributed by atoms with van der Waals surface area (Å²) in [5.74, 6) is -0.249. The van der Waals surface area contributed by atoms with Crippen LogP contribution in [0.2, 0.25) is 0 Å². The maximum Gasteiger partial charge on any atom is 0.407 e. The highest BCUT2D eigenvalue weighted by atomic mass is 16.6. The van der Waals surface area contributed by atoms with Gasteiger partial charge in [-0.2, -0.15) is 5.26 Å². The van der Waals surface area contributed by atoms with Crippen molar-refractivity contribution in [1.82, 2.24) is 5.32 Å². The van der Waals surface area contributed by atoms with E-state index in [1.54, 1.807) is 45.0 Å². The van der Waals surface area contributed by atoms with E-state index >= 15 is 0 Å². The van der Waals surface area contributed by atoms with E-state index in [9.17, 15) is 9.59 Å². The Labute approximate surface area is 124 Å². The third-order valence-electron chi connectivity index (χ3n) is 2.30. The molecule has 0 fully saturated rings. The molecule has 0 aliphatic rings. The van der Waals surface area contributed by atoms with Gasteiger partial charge in [0.05, 0.1) is 11.6 Å². The van der Waals surface area contributed by atoms with Crippen LogP contribution in [0.1, 0.15) is 32.8 Å². The molecule has 0 aromatic heterocycles. The summed E-state index contributed by atoms with van der Waals surface area (Å²) in [6.07, 6.45) is -0.433. The van der Waals surface area contributed by atoms with Crippen LogP contribution >= 0.6 is 0 Å². The maximum absolute atomic E-state index is 11.7. The Kier molecular flexibility index (Phi) is 5.73. The Morgan fingerprint density at radius 2 is 2.05 bits per heavy atom. The fraction of sp³-hybridized carbons (Fsp3) is 0.400. The van der Waals surface area contributed by atoms with Crippen LogP contribution in [0.3, 0.4) is 0 Å². The normalized spacial score (nSPS) is 10.4.